The third kappa shape index (κ3) is 7.70. The van der Waals surface area contributed by atoms with Gasteiger partial charge < -0.3 is 20.9 Å². The van der Waals surface area contributed by atoms with Crippen LogP contribution in [0.2, 0.25) is 0 Å². The molecular weight excluding hydrogens is 364 g/mol. The van der Waals surface area contributed by atoms with E-state index in [4.69, 9.17) is 15.6 Å². The van der Waals surface area contributed by atoms with Crippen molar-refractivity contribution in [2.45, 2.75) is 20.1 Å². The molecule has 0 aliphatic carbocycles. The van der Waals surface area contributed by atoms with Gasteiger partial charge in [0.05, 0.1) is 13.2 Å². The molecule has 3 aromatic carbocycles. The van der Waals surface area contributed by atoms with Crippen LogP contribution in [0.25, 0.3) is 11.1 Å². The largest absolute Gasteiger partial charge is 0.480 e. The first kappa shape index (κ1) is 22.0. The molecule has 4 N–H and O–H groups in total. The summed E-state index contributed by atoms with van der Waals surface area (Å²) in [5.74, 6) is -0.859. The van der Waals surface area contributed by atoms with Crippen molar-refractivity contribution >= 4 is 11.7 Å². The molecule has 29 heavy (non-hydrogen) atoms. The van der Waals surface area contributed by atoms with Crippen molar-refractivity contribution in [3.63, 3.8) is 0 Å². The van der Waals surface area contributed by atoms with Gasteiger partial charge in [0, 0.05) is 12.3 Å². The number of carbonyl (C=O) groups is 1. The number of hydrogen-bond donors (Lipinski definition) is 4. The van der Waals surface area contributed by atoms with Crippen molar-refractivity contribution < 1.29 is 15.0 Å². The summed E-state index contributed by atoms with van der Waals surface area (Å²) in [6, 6.07) is 25.7. The average molecular weight is 390 g/mol. The third-order valence-electron chi connectivity index (χ3n) is 4.24. The molecule has 0 unspecified atom stereocenters. The highest BCUT2D eigenvalue weighted by Crippen LogP contribution is 2.18. The first-order chi connectivity index (χ1) is 14.0. The molecule has 0 fully saturated rings. The van der Waals surface area contributed by atoms with Crippen LogP contribution in [0.1, 0.15) is 23.6 Å². The minimum Gasteiger partial charge on any atom is -0.480 e. The Morgan fingerprint density at radius 2 is 1.41 bits per heavy atom. The van der Waals surface area contributed by atoms with Crippen LogP contribution in [0.4, 0.5) is 0 Å². The highest BCUT2D eigenvalue weighted by atomic mass is 16.4. The summed E-state index contributed by atoms with van der Waals surface area (Å²) in [6.45, 7) is 2.34. The standard InChI is InChI=1S/C13H12O.C11H14N2O2/c14-10-11-6-8-13(9-7-11)12-4-2-1-3-5-12;1-8(12)10-4-2-9(3-5-10)6-13-7-11(14)15/h1-9,14H,10H2;2-5,12-13H,6-7H2,1H3,(H,14,15). The fraction of sp³-hybridized carbons (Fsp3) is 0.167. The third-order valence-corrected chi connectivity index (χ3v) is 4.24. The number of aliphatic hydroxyl groups is 1. The molecular formula is C24H26N2O3. The van der Waals surface area contributed by atoms with Crippen molar-refractivity contribution in [2.24, 2.45) is 0 Å². The molecule has 0 atom stereocenters. The van der Waals surface area contributed by atoms with E-state index >= 15 is 0 Å². The normalized spacial score (nSPS) is 10.0. The topological polar surface area (TPSA) is 93.4 Å². The Labute approximate surface area is 171 Å². The van der Waals surface area contributed by atoms with Gasteiger partial charge in [0.15, 0.2) is 0 Å². The predicted molar refractivity (Wildman–Crippen MR) is 116 cm³/mol. The number of aliphatic hydroxyl groups excluding tert-OH is 1. The van der Waals surface area contributed by atoms with Gasteiger partial charge in [-0.05, 0) is 34.7 Å². The van der Waals surface area contributed by atoms with E-state index < -0.39 is 5.97 Å². The Kier molecular flexibility index (Phi) is 8.76. The van der Waals surface area contributed by atoms with E-state index in [1.54, 1.807) is 6.92 Å². The molecule has 0 aliphatic rings. The van der Waals surface area contributed by atoms with E-state index in [1.807, 2.05) is 66.7 Å². The van der Waals surface area contributed by atoms with E-state index in [0.29, 0.717) is 12.3 Å². The number of benzene rings is 3. The van der Waals surface area contributed by atoms with Crippen LogP contribution in [-0.4, -0.2) is 28.4 Å². The lowest BCUT2D eigenvalue weighted by molar-refractivity contribution is -0.135. The van der Waals surface area contributed by atoms with Crippen LogP contribution >= 0.6 is 0 Å². The number of carboxylic acid groups (broad SMARTS) is 1. The van der Waals surface area contributed by atoms with Crippen LogP contribution in [0.3, 0.4) is 0 Å². The maximum Gasteiger partial charge on any atom is 0.317 e. The van der Waals surface area contributed by atoms with Crippen LogP contribution in [0.5, 0.6) is 0 Å². The summed E-state index contributed by atoms with van der Waals surface area (Å²) in [5, 5.41) is 27.5. The van der Waals surface area contributed by atoms with Gasteiger partial charge in [0.25, 0.3) is 0 Å². The maximum absolute atomic E-state index is 10.2. The predicted octanol–water partition coefficient (Wildman–Crippen LogP) is 4.09. The van der Waals surface area contributed by atoms with Crippen LogP contribution in [0, 0.1) is 5.41 Å². The second-order valence-electron chi connectivity index (χ2n) is 6.54. The first-order valence-electron chi connectivity index (χ1n) is 9.32. The van der Waals surface area contributed by atoms with Crippen molar-refractivity contribution in [1.82, 2.24) is 5.32 Å². The van der Waals surface area contributed by atoms with Crippen molar-refractivity contribution in [3.05, 3.63) is 95.6 Å². The summed E-state index contributed by atoms with van der Waals surface area (Å²) < 4.78 is 0. The van der Waals surface area contributed by atoms with Gasteiger partial charge in [-0.3, -0.25) is 4.79 Å². The number of aliphatic carboxylic acids is 1. The Hall–Kier alpha value is -3.28. The second-order valence-corrected chi connectivity index (χ2v) is 6.54. The monoisotopic (exact) mass is 390 g/mol. The quantitative estimate of drug-likeness (QED) is 0.457. The molecule has 0 saturated carbocycles. The first-order valence-corrected chi connectivity index (χ1v) is 9.32. The van der Waals surface area contributed by atoms with E-state index in [2.05, 4.69) is 17.4 Å². The fourth-order valence-electron chi connectivity index (χ4n) is 2.62. The molecule has 150 valence electrons. The molecule has 5 heteroatoms. The number of hydrogen-bond acceptors (Lipinski definition) is 4. The van der Waals surface area contributed by atoms with E-state index in [9.17, 15) is 4.79 Å². The Balaban J connectivity index is 0.000000207. The Morgan fingerprint density at radius 3 is 1.93 bits per heavy atom. The molecule has 0 aromatic heterocycles. The van der Waals surface area contributed by atoms with Gasteiger partial charge in [-0.15, -0.1) is 0 Å². The molecule has 0 bridgehead atoms. The van der Waals surface area contributed by atoms with E-state index in [0.717, 1.165) is 16.7 Å². The maximum atomic E-state index is 10.2. The van der Waals surface area contributed by atoms with Crippen molar-refractivity contribution in [2.75, 3.05) is 6.54 Å². The Bertz CT molecular complexity index is 905. The number of carboxylic acids is 1. The number of nitrogens with one attached hydrogen (secondary N) is 2. The zero-order chi connectivity index (χ0) is 21.1. The Morgan fingerprint density at radius 1 is 0.862 bits per heavy atom. The zero-order valence-corrected chi connectivity index (χ0v) is 16.4. The summed E-state index contributed by atoms with van der Waals surface area (Å²) in [7, 11) is 0. The fourth-order valence-corrected chi connectivity index (χ4v) is 2.62. The molecule has 3 rings (SSSR count). The lowest BCUT2D eigenvalue weighted by Crippen LogP contribution is -2.21. The summed E-state index contributed by atoms with van der Waals surface area (Å²) >= 11 is 0. The molecule has 3 aromatic rings. The molecule has 0 heterocycles. The van der Waals surface area contributed by atoms with Crippen molar-refractivity contribution in [1.29, 1.82) is 5.41 Å². The SMILES string of the molecule is CC(=N)c1ccc(CNCC(=O)O)cc1.OCc1ccc(-c2ccccc2)cc1. The molecule has 0 spiro atoms. The molecule has 0 amide bonds. The van der Waals surface area contributed by atoms with Gasteiger partial charge in [-0.25, -0.2) is 0 Å². The second kappa shape index (κ2) is 11.5. The highest BCUT2D eigenvalue weighted by Gasteiger charge is 1.98. The summed E-state index contributed by atoms with van der Waals surface area (Å²) in [6.07, 6.45) is 0. The lowest BCUT2D eigenvalue weighted by atomic mass is 10.0. The summed E-state index contributed by atoms with van der Waals surface area (Å²) in [4.78, 5) is 10.2. The van der Waals surface area contributed by atoms with Gasteiger partial charge in [0.2, 0.25) is 0 Å². The smallest absolute Gasteiger partial charge is 0.317 e. The van der Waals surface area contributed by atoms with Gasteiger partial charge in [-0.2, -0.15) is 0 Å². The zero-order valence-electron chi connectivity index (χ0n) is 16.4. The van der Waals surface area contributed by atoms with Crippen LogP contribution < -0.4 is 5.32 Å². The molecule has 0 radical (unpaired) electrons. The number of rotatable bonds is 7. The average Bonchev–Trinajstić information content (AvgIpc) is 2.75. The van der Waals surface area contributed by atoms with Crippen molar-refractivity contribution in [3.8, 4) is 11.1 Å². The van der Waals surface area contributed by atoms with E-state index in [-0.39, 0.29) is 13.2 Å². The highest BCUT2D eigenvalue weighted by molar-refractivity contribution is 5.96. The molecule has 0 aliphatic heterocycles. The van der Waals surface area contributed by atoms with Gasteiger partial charge in [-0.1, -0.05) is 78.9 Å². The minimum atomic E-state index is -0.859. The minimum absolute atomic E-state index is 0.0364. The van der Waals surface area contributed by atoms with Crippen LogP contribution in [-0.2, 0) is 17.9 Å². The van der Waals surface area contributed by atoms with Crippen LogP contribution in [0.15, 0.2) is 78.9 Å². The van der Waals surface area contributed by atoms with E-state index in [1.165, 1.54) is 11.1 Å². The van der Waals surface area contributed by atoms with Gasteiger partial charge in [0.1, 0.15) is 0 Å². The summed E-state index contributed by atoms with van der Waals surface area (Å²) in [5.41, 5.74) is 5.77. The molecule has 0 saturated heterocycles. The van der Waals surface area contributed by atoms with Gasteiger partial charge >= 0.3 is 5.97 Å². The molecule has 5 nitrogen and oxygen atoms in total. The lowest BCUT2D eigenvalue weighted by Gasteiger charge is -2.03.